The zero-order chi connectivity index (χ0) is 21.4. The molecule has 6 nitrogen and oxygen atoms in total. The summed E-state index contributed by atoms with van der Waals surface area (Å²) >= 11 is 0. The highest BCUT2D eigenvalue weighted by Gasteiger charge is 2.44. The van der Waals surface area contributed by atoms with Gasteiger partial charge in [0.05, 0.1) is 10.3 Å². The number of hydrogen-bond donors (Lipinski definition) is 0. The number of carbonyl (C=O) groups is 1. The molecular formula is C22H24N2O4S. The number of fused-ring (bicyclic) bond motifs is 1. The number of anilines is 1. The lowest BCUT2D eigenvalue weighted by atomic mass is 9.81. The van der Waals surface area contributed by atoms with E-state index in [1.165, 1.54) is 19.1 Å². The van der Waals surface area contributed by atoms with Crippen LogP contribution in [-0.4, -0.2) is 35.7 Å². The first-order valence-electron chi connectivity index (χ1n) is 9.35. The highest BCUT2D eigenvalue weighted by molar-refractivity contribution is 7.85. The van der Waals surface area contributed by atoms with E-state index >= 15 is 0 Å². The molecule has 0 fully saturated rings. The molecule has 1 amide bonds. The lowest BCUT2D eigenvalue weighted by Crippen LogP contribution is -2.29. The van der Waals surface area contributed by atoms with Crippen molar-refractivity contribution in [1.29, 1.82) is 0 Å². The number of benzene rings is 2. The van der Waals surface area contributed by atoms with Crippen LogP contribution < -0.4 is 4.90 Å². The van der Waals surface area contributed by atoms with E-state index in [1.807, 2.05) is 57.2 Å². The summed E-state index contributed by atoms with van der Waals surface area (Å²) in [6, 6.07) is 13.8. The molecule has 2 aromatic carbocycles. The molecule has 29 heavy (non-hydrogen) atoms. The Morgan fingerprint density at radius 3 is 2.38 bits per heavy atom. The van der Waals surface area contributed by atoms with Crippen molar-refractivity contribution in [3.05, 3.63) is 66.4 Å². The van der Waals surface area contributed by atoms with Crippen LogP contribution in [0.4, 0.5) is 11.4 Å². The Balaban J connectivity index is 2.08. The highest BCUT2D eigenvalue weighted by Crippen LogP contribution is 2.41. The third kappa shape index (κ3) is 3.88. The summed E-state index contributed by atoms with van der Waals surface area (Å²) in [6.45, 7) is 8.10. The molecule has 152 valence electrons. The molecule has 0 aliphatic carbocycles. The maximum absolute atomic E-state index is 12.2. The summed E-state index contributed by atoms with van der Waals surface area (Å²) in [7, 11) is -4.54. The van der Waals surface area contributed by atoms with Crippen LogP contribution in [0.15, 0.2) is 65.7 Å². The van der Waals surface area contributed by atoms with Crippen LogP contribution in [0.3, 0.4) is 0 Å². The Hall–Kier alpha value is -2.77. The second kappa shape index (κ2) is 7.57. The number of para-hydroxylation sites is 1. The lowest BCUT2D eigenvalue weighted by Gasteiger charge is -2.19. The van der Waals surface area contributed by atoms with Crippen LogP contribution in [0.2, 0.25) is 0 Å². The summed E-state index contributed by atoms with van der Waals surface area (Å²) in [5, 5.41) is 0. The molecular weight excluding hydrogens is 388 g/mol. The molecule has 0 radical (unpaired) electrons. The molecule has 0 spiro atoms. The van der Waals surface area contributed by atoms with E-state index in [0.29, 0.717) is 6.54 Å². The van der Waals surface area contributed by atoms with Crippen molar-refractivity contribution >= 4 is 33.1 Å². The Morgan fingerprint density at radius 1 is 1.17 bits per heavy atom. The highest BCUT2D eigenvalue weighted by atomic mass is 32.2. The molecule has 1 aliphatic rings. The number of hydrogen-bond acceptors (Lipinski definition) is 4. The number of rotatable bonds is 5. The Morgan fingerprint density at radius 2 is 1.83 bits per heavy atom. The van der Waals surface area contributed by atoms with E-state index < -0.39 is 15.5 Å². The van der Waals surface area contributed by atoms with E-state index in [4.69, 9.17) is 0 Å². The van der Waals surface area contributed by atoms with Gasteiger partial charge in [0.2, 0.25) is 11.6 Å². The summed E-state index contributed by atoms with van der Waals surface area (Å²) in [6.07, 6.45) is 3.61. The van der Waals surface area contributed by atoms with Gasteiger partial charge in [-0.25, -0.2) is 8.42 Å². The maximum Gasteiger partial charge on any atom is 0.227 e. The van der Waals surface area contributed by atoms with Crippen LogP contribution in [0.25, 0.3) is 0 Å². The second-order valence-electron chi connectivity index (χ2n) is 7.43. The van der Waals surface area contributed by atoms with E-state index in [2.05, 4.69) is 4.58 Å². The van der Waals surface area contributed by atoms with Crippen molar-refractivity contribution in [1.82, 2.24) is 0 Å². The van der Waals surface area contributed by atoms with Crippen LogP contribution >= 0.6 is 0 Å². The first-order chi connectivity index (χ1) is 13.6. The van der Waals surface area contributed by atoms with Gasteiger partial charge in [0.25, 0.3) is 0 Å². The zero-order valence-corrected chi connectivity index (χ0v) is 17.7. The van der Waals surface area contributed by atoms with Gasteiger partial charge in [0, 0.05) is 36.5 Å². The molecule has 7 heteroatoms. The molecule has 1 heterocycles. The summed E-state index contributed by atoms with van der Waals surface area (Å²) in [4.78, 5) is 13.5. The van der Waals surface area contributed by atoms with E-state index in [0.717, 1.165) is 22.6 Å². The fourth-order valence-corrected chi connectivity index (χ4v) is 4.25. The van der Waals surface area contributed by atoms with Gasteiger partial charge in [-0.15, -0.1) is 0 Å². The number of allylic oxidation sites excluding steroid dienone is 1. The van der Waals surface area contributed by atoms with Gasteiger partial charge in [0.15, 0.2) is 5.71 Å². The normalized spacial score (nSPS) is 15.6. The topological polar surface area (TPSA) is 80.5 Å². The molecule has 0 saturated heterocycles. The maximum atomic E-state index is 12.2. The predicted molar refractivity (Wildman–Crippen MR) is 112 cm³/mol. The van der Waals surface area contributed by atoms with Crippen LogP contribution in [0.1, 0.15) is 33.3 Å². The quantitative estimate of drug-likeness (QED) is 0.556. The van der Waals surface area contributed by atoms with Gasteiger partial charge in [-0.1, -0.05) is 18.2 Å². The van der Waals surface area contributed by atoms with Crippen LogP contribution in [0, 0.1) is 0 Å². The Labute approximate surface area is 171 Å². The third-order valence-electron chi connectivity index (χ3n) is 5.22. The van der Waals surface area contributed by atoms with Crippen molar-refractivity contribution in [3.8, 4) is 0 Å². The van der Waals surface area contributed by atoms with Crippen molar-refractivity contribution in [2.45, 2.75) is 38.0 Å². The summed E-state index contributed by atoms with van der Waals surface area (Å²) < 4.78 is 36.5. The van der Waals surface area contributed by atoms with Crippen molar-refractivity contribution in [3.63, 3.8) is 0 Å². The minimum atomic E-state index is -4.54. The molecule has 0 aromatic heterocycles. The van der Waals surface area contributed by atoms with E-state index in [9.17, 15) is 17.8 Å². The average Bonchev–Trinajstić information content (AvgIpc) is 2.88. The SMILES string of the molecule is CC[N+]1=C(/C=C/N(C(C)=O)c2ccccc2)C(C)(C)c2cc(S(=O)(=O)[O-])ccc21. The lowest BCUT2D eigenvalue weighted by molar-refractivity contribution is -0.433. The molecule has 0 N–H and O–H groups in total. The molecule has 0 bridgehead atoms. The molecule has 3 rings (SSSR count). The number of amides is 1. The zero-order valence-electron chi connectivity index (χ0n) is 16.9. The van der Waals surface area contributed by atoms with Gasteiger partial charge in [-0.05, 0) is 45.0 Å². The molecule has 0 atom stereocenters. The third-order valence-corrected chi connectivity index (χ3v) is 6.05. The van der Waals surface area contributed by atoms with Crippen molar-refractivity contribution in [2.24, 2.45) is 0 Å². The Kier molecular flexibility index (Phi) is 5.47. The predicted octanol–water partition coefficient (Wildman–Crippen LogP) is 3.55. The fraction of sp³-hybridized carbons (Fsp3) is 0.273. The summed E-state index contributed by atoms with van der Waals surface area (Å²) in [5.74, 6) is -0.121. The smallest absolute Gasteiger partial charge is 0.227 e. The Bertz CT molecular complexity index is 1120. The van der Waals surface area contributed by atoms with E-state index in [1.54, 1.807) is 17.2 Å². The molecule has 0 saturated carbocycles. The minimum Gasteiger partial charge on any atom is -0.744 e. The number of nitrogens with zero attached hydrogens (tertiary/aromatic N) is 2. The van der Waals surface area contributed by atoms with Crippen molar-refractivity contribution in [2.75, 3.05) is 11.4 Å². The summed E-state index contributed by atoms with van der Waals surface area (Å²) in [5.41, 5.74) is 2.76. The first kappa shape index (κ1) is 21.0. The molecule has 0 unspecified atom stereocenters. The monoisotopic (exact) mass is 412 g/mol. The average molecular weight is 413 g/mol. The fourth-order valence-electron chi connectivity index (χ4n) is 3.76. The van der Waals surface area contributed by atoms with E-state index in [-0.39, 0.29) is 10.8 Å². The molecule has 1 aliphatic heterocycles. The molecule has 2 aromatic rings. The first-order valence-corrected chi connectivity index (χ1v) is 10.8. The second-order valence-corrected chi connectivity index (χ2v) is 8.81. The number of carbonyl (C=O) groups excluding carboxylic acids is 1. The minimum absolute atomic E-state index is 0.121. The van der Waals surface area contributed by atoms with Gasteiger partial charge < -0.3 is 4.55 Å². The van der Waals surface area contributed by atoms with Gasteiger partial charge in [0.1, 0.15) is 16.7 Å². The van der Waals surface area contributed by atoms with Crippen LogP contribution in [-0.2, 0) is 20.3 Å². The standard InChI is InChI=1S/C22H24N2O4S/c1-5-23-20-12-11-18(29(26,27)28)15-19(20)22(3,4)21(23)13-14-24(16(2)25)17-9-7-6-8-10-17/h6-15H,5H2,1-4H3. The van der Waals surface area contributed by atoms with Crippen molar-refractivity contribution < 1.29 is 22.3 Å². The van der Waals surface area contributed by atoms with Gasteiger partial charge in [-0.2, -0.15) is 4.58 Å². The largest absolute Gasteiger partial charge is 0.744 e. The van der Waals surface area contributed by atoms with Gasteiger partial charge >= 0.3 is 0 Å². The van der Waals surface area contributed by atoms with Crippen LogP contribution in [0.5, 0.6) is 0 Å². The van der Waals surface area contributed by atoms with Gasteiger partial charge in [-0.3, -0.25) is 9.69 Å².